The average Bonchev–Trinajstić information content (AvgIpc) is 2.85. The van der Waals surface area contributed by atoms with E-state index in [9.17, 15) is 0 Å². The lowest BCUT2D eigenvalue weighted by Crippen LogP contribution is -2.31. The Bertz CT molecular complexity index is 356. The lowest BCUT2D eigenvalue weighted by Gasteiger charge is -2.29. The maximum absolute atomic E-state index is 5.36. The van der Waals surface area contributed by atoms with Crippen molar-refractivity contribution in [1.82, 2.24) is 14.9 Å². The van der Waals surface area contributed by atoms with Crippen LogP contribution in [0.2, 0.25) is 0 Å². The standard InChI is InChI=1S/C14H25N3O/c1-11(2)14(9-18-3)17-10-15-8-13(17)12-6-4-5-7-16-12/h8,10-12,14,16H,4-7,9H2,1-3H3. The number of hydrogen-bond donors (Lipinski definition) is 1. The van der Waals surface area contributed by atoms with Gasteiger partial charge in [-0.05, 0) is 25.3 Å². The van der Waals surface area contributed by atoms with E-state index in [1.807, 2.05) is 12.5 Å². The van der Waals surface area contributed by atoms with E-state index in [2.05, 4.69) is 28.7 Å². The first-order valence-corrected chi connectivity index (χ1v) is 6.98. The van der Waals surface area contributed by atoms with Crippen LogP contribution in [0.25, 0.3) is 0 Å². The van der Waals surface area contributed by atoms with Crippen LogP contribution in [0.5, 0.6) is 0 Å². The Labute approximate surface area is 110 Å². The first-order valence-electron chi connectivity index (χ1n) is 6.98. The highest BCUT2D eigenvalue weighted by Crippen LogP contribution is 2.27. The lowest BCUT2D eigenvalue weighted by atomic mass is 10.00. The topological polar surface area (TPSA) is 39.1 Å². The summed E-state index contributed by atoms with van der Waals surface area (Å²) in [6.45, 7) is 6.34. The van der Waals surface area contributed by atoms with Crippen molar-refractivity contribution in [2.45, 2.75) is 45.2 Å². The summed E-state index contributed by atoms with van der Waals surface area (Å²) in [5, 5.41) is 3.60. The molecule has 18 heavy (non-hydrogen) atoms. The summed E-state index contributed by atoms with van der Waals surface area (Å²) in [6.07, 6.45) is 7.77. The van der Waals surface area contributed by atoms with Crippen molar-refractivity contribution in [3.63, 3.8) is 0 Å². The smallest absolute Gasteiger partial charge is 0.0952 e. The Morgan fingerprint density at radius 3 is 2.94 bits per heavy atom. The number of rotatable bonds is 5. The molecule has 0 bridgehead atoms. The molecule has 0 radical (unpaired) electrons. The molecule has 1 fully saturated rings. The van der Waals surface area contributed by atoms with Crippen molar-refractivity contribution in [2.75, 3.05) is 20.3 Å². The zero-order valence-corrected chi connectivity index (χ0v) is 11.7. The van der Waals surface area contributed by atoms with Crippen molar-refractivity contribution in [1.29, 1.82) is 0 Å². The molecule has 1 saturated heterocycles. The third-order valence-electron chi connectivity index (χ3n) is 3.83. The molecule has 1 aliphatic rings. The molecule has 2 rings (SSSR count). The maximum atomic E-state index is 5.36. The molecule has 0 saturated carbocycles. The fourth-order valence-corrected chi connectivity index (χ4v) is 2.73. The number of hydrogen-bond acceptors (Lipinski definition) is 3. The molecule has 2 atom stereocenters. The van der Waals surface area contributed by atoms with Gasteiger partial charge in [0, 0.05) is 19.3 Å². The van der Waals surface area contributed by atoms with E-state index in [4.69, 9.17) is 4.74 Å². The van der Waals surface area contributed by atoms with Crippen molar-refractivity contribution in [3.8, 4) is 0 Å². The molecule has 1 N–H and O–H groups in total. The lowest BCUT2D eigenvalue weighted by molar-refractivity contribution is 0.130. The highest BCUT2D eigenvalue weighted by molar-refractivity contribution is 5.08. The number of nitrogens with zero attached hydrogens (tertiary/aromatic N) is 2. The van der Waals surface area contributed by atoms with Gasteiger partial charge < -0.3 is 14.6 Å². The van der Waals surface area contributed by atoms with Gasteiger partial charge in [0.25, 0.3) is 0 Å². The van der Waals surface area contributed by atoms with E-state index in [0.717, 1.165) is 13.2 Å². The van der Waals surface area contributed by atoms with Gasteiger partial charge in [-0.1, -0.05) is 20.3 Å². The second-order valence-electron chi connectivity index (χ2n) is 5.49. The third-order valence-corrected chi connectivity index (χ3v) is 3.83. The van der Waals surface area contributed by atoms with Crippen molar-refractivity contribution >= 4 is 0 Å². The first-order chi connectivity index (χ1) is 8.74. The van der Waals surface area contributed by atoms with Crippen LogP contribution in [0, 0.1) is 5.92 Å². The van der Waals surface area contributed by atoms with Crippen LogP contribution in [0.4, 0.5) is 0 Å². The number of piperidine rings is 1. The van der Waals surface area contributed by atoms with Gasteiger partial charge in [-0.2, -0.15) is 0 Å². The normalized spacial score (nSPS) is 22.3. The maximum Gasteiger partial charge on any atom is 0.0952 e. The monoisotopic (exact) mass is 251 g/mol. The van der Waals surface area contributed by atoms with Crippen molar-refractivity contribution in [2.24, 2.45) is 5.92 Å². The summed E-state index contributed by atoms with van der Waals surface area (Å²) in [6, 6.07) is 0.829. The average molecular weight is 251 g/mol. The molecule has 0 aliphatic carbocycles. The molecule has 4 nitrogen and oxygen atoms in total. The largest absolute Gasteiger partial charge is 0.383 e. The van der Waals surface area contributed by atoms with Crippen LogP contribution in [-0.2, 0) is 4.74 Å². The van der Waals surface area contributed by atoms with Crippen molar-refractivity contribution in [3.05, 3.63) is 18.2 Å². The predicted molar refractivity (Wildman–Crippen MR) is 72.6 cm³/mol. The van der Waals surface area contributed by atoms with Crippen LogP contribution in [0.3, 0.4) is 0 Å². The summed E-state index contributed by atoms with van der Waals surface area (Å²) >= 11 is 0. The molecule has 2 unspecified atom stereocenters. The Kier molecular flexibility index (Phi) is 4.78. The molecule has 1 aliphatic heterocycles. The molecule has 0 aromatic carbocycles. The minimum atomic E-state index is 0.372. The molecule has 0 spiro atoms. The summed E-state index contributed by atoms with van der Waals surface area (Å²) in [5.41, 5.74) is 1.31. The van der Waals surface area contributed by atoms with E-state index in [0.29, 0.717) is 18.0 Å². The highest BCUT2D eigenvalue weighted by Gasteiger charge is 2.23. The SMILES string of the molecule is COCC(C(C)C)n1cncc1C1CCCCN1. The molecular weight excluding hydrogens is 226 g/mol. The predicted octanol–water partition coefficient (Wildman–Crippen LogP) is 2.54. The van der Waals surface area contributed by atoms with Gasteiger partial charge in [0.1, 0.15) is 0 Å². The Balaban J connectivity index is 2.19. The highest BCUT2D eigenvalue weighted by atomic mass is 16.5. The number of nitrogens with one attached hydrogen (secondary N) is 1. The summed E-state index contributed by atoms with van der Waals surface area (Å²) < 4.78 is 7.67. The Hall–Kier alpha value is -0.870. The summed E-state index contributed by atoms with van der Waals surface area (Å²) in [5.74, 6) is 0.543. The zero-order chi connectivity index (χ0) is 13.0. The van der Waals surface area contributed by atoms with E-state index in [-0.39, 0.29) is 0 Å². The quantitative estimate of drug-likeness (QED) is 0.874. The fraction of sp³-hybridized carbons (Fsp3) is 0.786. The van der Waals surface area contributed by atoms with Crippen molar-refractivity contribution < 1.29 is 4.74 Å². The van der Waals surface area contributed by atoms with Gasteiger partial charge in [0.05, 0.1) is 24.7 Å². The summed E-state index contributed by atoms with van der Waals surface area (Å²) in [7, 11) is 1.77. The van der Waals surface area contributed by atoms with Gasteiger partial charge in [-0.15, -0.1) is 0 Å². The molecule has 4 heteroatoms. The molecule has 102 valence electrons. The second kappa shape index (κ2) is 6.34. The fourth-order valence-electron chi connectivity index (χ4n) is 2.73. The van der Waals surface area contributed by atoms with Crippen LogP contribution in [-0.4, -0.2) is 29.8 Å². The number of methoxy groups -OCH3 is 1. The Morgan fingerprint density at radius 1 is 1.50 bits per heavy atom. The van der Waals surface area contributed by atoms with Gasteiger partial charge in [0.15, 0.2) is 0 Å². The molecular formula is C14H25N3O. The second-order valence-corrected chi connectivity index (χ2v) is 5.49. The Morgan fingerprint density at radius 2 is 2.33 bits per heavy atom. The van der Waals surface area contributed by atoms with Gasteiger partial charge in [-0.25, -0.2) is 4.98 Å². The minimum Gasteiger partial charge on any atom is -0.383 e. The number of aromatic nitrogens is 2. The molecule has 1 aromatic rings. The van der Waals surface area contributed by atoms with E-state index in [1.54, 1.807) is 7.11 Å². The third kappa shape index (κ3) is 2.93. The van der Waals surface area contributed by atoms with Gasteiger partial charge in [0.2, 0.25) is 0 Å². The molecule has 2 heterocycles. The summed E-state index contributed by atoms with van der Waals surface area (Å²) in [4.78, 5) is 4.35. The molecule has 0 amide bonds. The minimum absolute atomic E-state index is 0.372. The van der Waals surface area contributed by atoms with Crippen LogP contribution < -0.4 is 5.32 Å². The van der Waals surface area contributed by atoms with Gasteiger partial charge in [-0.3, -0.25) is 0 Å². The molecule has 1 aromatic heterocycles. The van der Waals surface area contributed by atoms with E-state index in [1.165, 1.54) is 25.0 Å². The number of ether oxygens (including phenoxy) is 1. The van der Waals surface area contributed by atoms with E-state index >= 15 is 0 Å². The van der Waals surface area contributed by atoms with Crippen LogP contribution in [0.15, 0.2) is 12.5 Å². The zero-order valence-electron chi connectivity index (χ0n) is 11.7. The first kappa shape index (κ1) is 13.6. The van der Waals surface area contributed by atoms with Crippen LogP contribution >= 0.6 is 0 Å². The van der Waals surface area contributed by atoms with Crippen LogP contribution in [0.1, 0.15) is 50.9 Å². The number of imidazole rings is 1. The van der Waals surface area contributed by atoms with Gasteiger partial charge >= 0.3 is 0 Å². The van der Waals surface area contributed by atoms with E-state index < -0.39 is 0 Å².